The highest BCUT2D eigenvalue weighted by Crippen LogP contribution is 2.40. The number of non-ortho nitro benzene ring substituents is 1. The molecule has 0 saturated carbocycles. The molecule has 1 aliphatic heterocycles. The van der Waals surface area contributed by atoms with Gasteiger partial charge in [-0.1, -0.05) is 12.1 Å². The number of ether oxygens (including phenoxy) is 2. The molecule has 1 amide bonds. The van der Waals surface area contributed by atoms with E-state index in [1.165, 1.54) is 30.0 Å². The summed E-state index contributed by atoms with van der Waals surface area (Å²) < 4.78 is 10.6. The van der Waals surface area contributed by atoms with Gasteiger partial charge in [-0.15, -0.1) is 11.8 Å². The minimum atomic E-state index is -0.968. The molecule has 3 rings (SSSR count). The summed E-state index contributed by atoms with van der Waals surface area (Å²) in [5, 5.41) is 17.4. The predicted molar refractivity (Wildman–Crippen MR) is 148 cm³/mol. The number of dihydropyridines is 1. The Hall–Kier alpha value is -4.32. The molecule has 0 radical (unpaired) electrons. The van der Waals surface area contributed by atoms with Crippen molar-refractivity contribution in [1.82, 2.24) is 10.6 Å². The van der Waals surface area contributed by atoms with Gasteiger partial charge in [-0.2, -0.15) is 0 Å². The standard InChI is InChI=1S/C27H30N4O7S/c1-4-37-26(33)22-16(3)30-21(14-39-15-29-25(32)17-9-11-19(28)12-10-17)24(27(34)38-5-2)23(22)18-7-6-8-20(13-18)31(35)36/h6-13,23,30H,4-5,14-15,28H2,1-3H3,(H,29,32). The van der Waals surface area contributed by atoms with Crippen molar-refractivity contribution in [3.05, 3.63) is 92.3 Å². The number of amides is 1. The number of hydrogen-bond donors (Lipinski definition) is 3. The quantitative estimate of drug-likeness (QED) is 0.0933. The van der Waals surface area contributed by atoms with Crippen molar-refractivity contribution in [2.75, 3.05) is 30.6 Å². The van der Waals surface area contributed by atoms with E-state index in [1.807, 2.05) is 0 Å². The Morgan fingerprint density at radius 3 is 2.31 bits per heavy atom. The number of thioether (sulfide) groups is 1. The number of nitrogens with zero attached hydrogens (tertiary/aromatic N) is 1. The molecule has 2 aromatic rings. The van der Waals surface area contributed by atoms with Gasteiger partial charge >= 0.3 is 11.9 Å². The smallest absolute Gasteiger partial charge is 0.336 e. The van der Waals surface area contributed by atoms with Gasteiger partial charge in [-0.25, -0.2) is 9.59 Å². The van der Waals surface area contributed by atoms with E-state index in [1.54, 1.807) is 51.1 Å². The SMILES string of the molecule is CCOC(=O)C1=C(C)NC(CSCNC(=O)c2ccc(N)cc2)=C(C(=O)OCC)C1c1cccc([N+](=O)[O-])c1. The molecule has 11 nitrogen and oxygen atoms in total. The molecule has 0 fully saturated rings. The Kier molecular flexibility index (Phi) is 10.1. The van der Waals surface area contributed by atoms with E-state index in [4.69, 9.17) is 15.2 Å². The van der Waals surface area contributed by atoms with Crippen LogP contribution in [0.5, 0.6) is 0 Å². The lowest BCUT2D eigenvalue weighted by Gasteiger charge is -2.31. The van der Waals surface area contributed by atoms with E-state index in [0.717, 1.165) is 0 Å². The zero-order valence-electron chi connectivity index (χ0n) is 21.8. The first kappa shape index (κ1) is 29.2. The molecule has 1 aliphatic rings. The van der Waals surface area contributed by atoms with Crippen LogP contribution < -0.4 is 16.4 Å². The number of allylic oxidation sites excluding steroid dienone is 1. The van der Waals surface area contributed by atoms with Crippen LogP contribution in [0.4, 0.5) is 11.4 Å². The van der Waals surface area contributed by atoms with E-state index in [9.17, 15) is 24.5 Å². The number of esters is 2. The molecule has 2 aromatic carbocycles. The Balaban J connectivity index is 1.96. The van der Waals surface area contributed by atoms with E-state index in [-0.39, 0.29) is 47.6 Å². The van der Waals surface area contributed by atoms with Gasteiger partial charge in [0.1, 0.15) is 0 Å². The highest BCUT2D eigenvalue weighted by Gasteiger charge is 2.39. The first-order valence-electron chi connectivity index (χ1n) is 12.2. The van der Waals surface area contributed by atoms with Crippen LogP contribution in [-0.4, -0.2) is 47.6 Å². The molecule has 206 valence electrons. The maximum absolute atomic E-state index is 13.3. The van der Waals surface area contributed by atoms with Gasteiger partial charge in [0.05, 0.1) is 41.1 Å². The van der Waals surface area contributed by atoms with Gasteiger partial charge in [0.2, 0.25) is 0 Å². The van der Waals surface area contributed by atoms with Crippen LogP contribution >= 0.6 is 11.8 Å². The number of nitrogen functional groups attached to an aromatic ring is 1. The Morgan fingerprint density at radius 2 is 1.69 bits per heavy atom. The summed E-state index contributed by atoms with van der Waals surface area (Å²) in [7, 11) is 0. The fraction of sp³-hybridized carbons (Fsp3) is 0.296. The zero-order chi connectivity index (χ0) is 28.5. The second-order valence-electron chi connectivity index (χ2n) is 8.40. The molecule has 0 bridgehead atoms. The number of anilines is 1. The van der Waals surface area contributed by atoms with Crippen LogP contribution in [0.25, 0.3) is 0 Å². The lowest BCUT2D eigenvalue weighted by atomic mass is 9.80. The molecule has 4 N–H and O–H groups in total. The van der Waals surface area contributed by atoms with Gasteiger partial charge < -0.3 is 25.8 Å². The van der Waals surface area contributed by atoms with E-state index in [2.05, 4.69) is 10.6 Å². The molecule has 1 heterocycles. The average molecular weight is 555 g/mol. The number of nitro benzene ring substituents is 1. The topological polar surface area (TPSA) is 163 Å². The number of nitro groups is 1. The third-order valence-corrected chi connectivity index (χ3v) is 6.65. The lowest BCUT2D eigenvalue weighted by Crippen LogP contribution is -2.34. The fourth-order valence-electron chi connectivity index (χ4n) is 4.10. The molecule has 0 spiro atoms. The largest absolute Gasteiger partial charge is 0.463 e. The van der Waals surface area contributed by atoms with Crippen LogP contribution in [0.15, 0.2) is 71.1 Å². The van der Waals surface area contributed by atoms with Crippen LogP contribution in [0.1, 0.15) is 42.6 Å². The molecule has 1 atom stereocenters. The first-order valence-corrected chi connectivity index (χ1v) is 13.3. The van der Waals surface area contributed by atoms with Crippen molar-refractivity contribution < 1.29 is 28.8 Å². The number of rotatable bonds is 11. The summed E-state index contributed by atoms with van der Waals surface area (Å²) in [6.45, 7) is 5.18. The molecule has 39 heavy (non-hydrogen) atoms. The highest BCUT2D eigenvalue weighted by atomic mass is 32.2. The number of carbonyl (C=O) groups is 3. The number of hydrogen-bond acceptors (Lipinski definition) is 10. The number of benzene rings is 2. The number of nitrogens with one attached hydrogen (secondary N) is 2. The summed E-state index contributed by atoms with van der Waals surface area (Å²) in [5.74, 6) is -2.10. The number of carbonyl (C=O) groups excluding carboxylic acids is 3. The molecule has 0 aliphatic carbocycles. The normalized spacial score (nSPS) is 14.9. The van der Waals surface area contributed by atoms with Crippen molar-refractivity contribution in [3.8, 4) is 0 Å². The summed E-state index contributed by atoms with van der Waals surface area (Å²) >= 11 is 1.32. The summed E-state index contributed by atoms with van der Waals surface area (Å²) in [6.07, 6.45) is 0. The Labute approximate surface area is 230 Å². The van der Waals surface area contributed by atoms with Crippen LogP contribution in [0.3, 0.4) is 0 Å². The van der Waals surface area contributed by atoms with Gasteiger partial charge in [0.15, 0.2) is 0 Å². The minimum Gasteiger partial charge on any atom is -0.463 e. The molecule has 0 aromatic heterocycles. The summed E-state index contributed by atoms with van der Waals surface area (Å²) in [5.41, 5.74) is 8.06. The Morgan fingerprint density at radius 1 is 1.05 bits per heavy atom. The lowest BCUT2D eigenvalue weighted by molar-refractivity contribution is -0.384. The van der Waals surface area contributed by atoms with Crippen molar-refractivity contribution >= 4 is 41.0 Å². The maximum Gasteiger partial charge on any atom is 0.336 e. The number of nitrogens with two attached hydrogens (primary N) is 1. The molecule has 0 saturated heterocycles. The van der Waals surface area contributed by atoms with Crippen molar-refractivity contribution in [3.63, 3.8) is 0 Å². The van der Waals surface area contributed by atoms with Crippen LogP contribution in [0, 0.1) is 10.1 Å². The fourth-order valence-corrected chi connectivity index (χ4v) is 4.86. The third kappa shape index (κ3) is 7.17. The Bertz CT molecular complexity index is 1320. The summed E-state index contributed by atoms with van der Waals surface area (Å²) in [4.78, 5) is 49.7. The van der Waals surface area contributed by atoms with Crippen molar-refractivity contribution in [1.29, 1.82) is 0 Å². The van der Waals surface area contributed by atoms with Gasteiger partial charge in [0.25, 0.3) is 11.6 Å². The monoisotopic (exact) mass is 554 g/mol. The van der Waals surface area contributed by atoms with Crippen LogP contribution in [-0.2, 0) is 19.1 Å². The minimum absolute atomic E-state index is 0.0828. The van der Waals surface area contributed by atoms with E-state index in [0.29, 0.717) is 28.2 Å². The van der Waals surface area contributed by atoms with Gasteiger partial charge in [-0.3, -0.25) is 14.9 Å². The molecular formula is C27H30N4O7S. The molecular weight excluding hydrogens is 524 g/mol. The predicted octanol–water partition coefficient (Wildman–Crippen LogP) is 3.64. The first-order chi connectivity index (χ1) is 18.7. The molecule has 12 heteroatoms. The van der Waals surface area contributed by atoms with E-state index < -0.39 is 22.8 Å². The van der Waals surface area contributed by atoms with Crippen LogP contribution in [0.2, 0.25) is 0 Å². The van der Waals surface area contributed by atoms with Crippen molar-refractivity contribution in [2.24, 2.45) is 0 Å². The second kappa shape index (κ2) is 13.5. The van der Waals surface area contributed by atoms with Gasteiger partial charge in [-0.05, 0) is 50.6 Å². The third-order valence-electron chi connectivity index (χ3n) is 5.80. The maximum atomic E-state index is 13.3. The zero-order valence-corrected chi connectivity index (χ0v) is 22.6. The van der Waals surface area contributed by atoms with Gasteiger partial charge in [0, 0.05) is 40.5 Å². The van der Waals surface area contributed by atoms with E-state index >= 15 is 0 Å². The summed E-state index contributed by atoms with van der Waals surface area (Å²) in [6, 6.07) is 12.3. The highest BCUT2D eigenvalue weighted by molar-refractivity contribution is 7.99. The average Bonchev–Trinajstić information content (AvgIpc) is 2.91. The van der Waals surface area contributed by atoms with Crippen molar-refractivity contribution in [2.45, 2.75) is 26.7 Å². The second-order valence-corrected chi connectivity index (χ2v) is 9.39. The molecule has 1 unspecified atom stereocenters.